The number of nitrogens with one attached hydrogen (secondary N) is 1. The molecule has 0 radical (unpaired) electrons. The lowest BCUT2D eigenvalue weighted by Gasteiger charge is -2.08. The largest absolute Gasteiger partial charge is 0.321 e. The van der Waals surface area contributed by atoms with Crippen LogP contribution in [0.3, 0.4) is 0 Å². The Morgan fingerprint density at radius 1 is 1.39 bits per heavy atom. The fraction of sp³-hybridized carbons (Fsp3) is 0.125. The van der Waals surface area contributed by atoms with Crippen LogP contribution in [0.1, 0.15) is 20.8 Å². The van der Waals surface area contributed by atoms with Crippen molar-refractivity contribution in [2.24, 2.45) is 0 Å². The molecule has 0 saturated heterocycles. The van der Waals surface area contributed by atoms with Gasteiger partial charge in [0, 0.05) is 16.9 Å². The Bertz CT molecular complexity index is 857. The molecule has 1 amide bonds. The summed E-state index contributed by atoms with van der Waals surface area (Å²) in [6.45, 7) is 2.45. The van der Waals surface area contributed by atoms with E-state index in [-0.39, 0.29) is 5.91 Å². The highest BCUT2D eigenvalue weighted by atomic mass is 35.5. The first kappa shape index (κ1) is 16.1. The van der Waals surface area contributed by atoms with Crippen molar-refractivity contribution in [1.82, 2.24) is 9.78 Å². The van der Waals surface area contributed by atoms with Gasteiger partial charge in [0.2, 0.25) is 0 Å². The first-order valence-corrected chi connectivity index (χ1v) is 8.48. The Kier molecular flexibility index (Phi) is 4.71. The molecule has 0 bridgehead atoms. The van der Waals surface area contributed by atoms with E-state index in [0.29, 0.717) is 21.5 Å². The molecule has 0 fully saturated rings. The lowest BCUT2D eigenvalue weighted by molar-refractivity contribution is 0.103. The van der Waals surface area contributed by atoms with Crippen LogP contribution in [0, 0.1) is 6.92 Å². The van der Waals surface area contributed by atoms with Crippen LogP contribution < -0.4 is 5.32 Å². The molecule has 0 spiro atoms. The molecule has 3 aromatic rings. The maximum absolute atomic E-state index is 12.4. The van der Waals surface area contributed by atoms with Crippen LogP contribution >= 0.6 is 34.5 Å². The van der Waals surface area contributed by atoms with Gasteiger partial charge in [-0.15, -0.1) is 11.3 Å². The van der Waals surface area contributed by atoms with Crippen LogP contribution in [0.2, 0.25) is 10.0 Å². The number of thiophene rings is 1. The van der Waals surface area contributed by atoms with Gasteiger partial charge in [-0.25, -0.2) is 0 Å². The first-order chi connectivity index (χ1) is 11.0. The molecule has 1 aromatic carbocycles. The molecule has 4 nitrogen and oxygen atoms in total. The van der Waals surface area contributed by atoms with E-state index < -0.39 is 0 Å². The zero-order valence-corrected chi connectivity index (χ0v) is 14.5. The third kappa shape index (κ3) is 3.75. The van der Waals surface area contributed by atoms with E-state index in [4.69, 9.17) is 23.2 Å². The highest BCUT2D eigenvalue weighted by molar-refractivity contribution is 7.12. The van der Waals surface area contributed by atoms with E-state index in [2.05, 4.69) is 10.4 Å². The average Bonchev–Trinajstić information content (AvgIpc) is 3.14. The normalized spacial score (nSPS) is 10.7. The van der Waals surface area contributed by atoms with Gasteiger partial charge >= 0.3 is 0 Å². The van der Waals surface area contributed by atoms with E-state index in [1.165, 1.54) is 11.3 Å². The maximum Gasteiger partial charge on any atom is 0.265 e. The smallest absolute Gasteiger partial charge is 0.265 e. The Morgan fingerprint density at radius 2 is 2.22 bits per heavy atom. The summed E-state index contributed by atoms with van der Waals surface area (Å²) >= 11 is 13.3. The van der Waals surface area contributed by atoms with Crippen molar-refractivity contribution in [3.8, 4) is 0 Å². The number of amides is 1. The number of anilines is 1. The molecule has 0 unspecified atom stereocenters. The van der Waals surface area contributed by atoms with E-state index in [1.807, 2.05) is 30.5 Å². The minimum atomic E-state index is -0.148. The van der Waals surface area contributed by atoms with E-state index in [1.54, 1.807) is 23.1 Å². The Hall–Kier alpha value is -1.82. The number of aromatic nitrogens is 2. The van der Waals surface area contributed by atoms with Crippen LogP contribution in [-0.2, 0) is 6.54 Å². The molecule has 0 aliphatic rings. The minimum absolute atomic E-state index is 0.148. The second-order valence-electron chi connectivity index (χ2n) is 5.04. The third-order valence-electron chi connectivity index (χ3n) is 3.34. The molecule has 3 rings (SSSR count). The molecule has 0 saturated carbocycles. The molecular weight excluding hydrogens is 353 g/mol. The number of hydrogen-bond donors (Lipinski definition) is 1. The van der Waals surface area contributed by atoms with Gasteiger partial charge in [0.05, 0.1) is 22.6 Å². The van der Waals surface area contributed by atoms with Crippen LogP contribution in [0.25, 0.3) is 0 Å². The van der Waals surface area contributed by atoms with Crippen LogP contribution in [0.5, 0.6) is 0 Å². The predicted octanol–water partition coefficient (Wildman–Crippen LogP) is 4.86. The average molecular weight is 366 g/mol. The molecule has 7 heteroatoms. The molecule has 1 N–H and O–H groups in total. The molecule has 118 valence electrons. The summed E-state index contributed by atoms with van der Waals surface area (Å²) in [4.78, 5) is 13.0. The second-order valence-corrected chi connectivity index (χ2v) is 6.80. The summed E-state index contributed by atoms with van der Waals surface area (Å²) in [5.74, 6) is -0.148. The fourth-order valence-corrected chi connectivity index (χ4v) is 3.25. The van der Waals surface area contributed by atoms with Gasteiger partial charge in [-0.2, -0.15) is 5.10 Å². The Morgan fingerprint density at radius 3 is 2.96 bits per heavy atom. The third-order valence-corrected chi connectivity index (χ3v) is 4.92. The van der Waals surface area contributed by atoms with Gasteiger partial charge in [-0.1, -0.05) is 29.3 Å². The minimum Gasteiger partial charge on any atom is -0.321 e. The zero-order chi connectivity index (χ0) is 16.4. The topological polar surface area (TPSA) is 46.9 Å². The van der Waals surface area contributed by atoms with Crippen molar-refractivity contribution >= 4 is 46.1 Å². The lowest BCUT2D eigenvalue weighted by atomic mass is 10.2. The predicted molar refractivity (Wildman–Crippen MR) is 94.8 cm³/mol. The van der Waals surface area contributed by atoms with Crippen molar-refractivity contribution in [2.75, 3.05) is 5.32 Å². The molecule has 23 heavy (non-hydrogen) atoms. The van der Waals surface area contributed by atoms with Crippen molar-refractivity contribution in [1.29, 1.82) is 0 Å². The van der Waals surface area contributed by atoms with Gasteiger partial charge in [0.15, 0.2) is 0 Å². The summed E-state index contributed by atoms with van der Waals surface area (Å²) in [7, 11) is 0. The van der Waals surface area contributed by atoms with E-state index in [9.17, 15) is 4.79 Å². The standard InChI is InChI=1S/C16H13Cl2N3OS/c1-10-13(18)3-2-4-14(10)20-16(22)15-5-11(9-23-15)7-21-8-12(17)6-19-21/h2-6,8-9H,7H2,1H3,(H,20,22). The van der Waals surface area contributed by atoms with Crippen molar-refractivity contribution < 1.29 is 4.79 Å². The Labute approximate surface area is 147 Å². The number of benzene rings is 1. The van der Waals surface area contributed by atoms with Gasteiger partial charge < -0.3 is 5.32 Å². The summed E-state index contributed by atoms with van der Waals surface area (Å²) < 4.78 is 1.73. The summed E-state index contributed by atoms with van der Waals surface area (Å²) in [5.41, 5.74) is 2.57. The molecule has 2 heterocycles. The highest BCUT2D eigenvalue weighted by Crippen LogP contribution is 2.24. The number of nitrogens with zero attached hydrogens (tertiary/aromatic N) is 2. The number of halogens is 2. The lowest BCUT2D eigenvalue weighted by Crippen LogP contribution is -2.11. The van der Waals surface area contributed by atoms with Gasteiger partial charge in [0.1, 0.15) is 0 Å². The SMILES string of the molecule is Cc1c(Cl)cccc1NC(=O)c1cc(Cn2cc(Cl)cn2)cs1. The number of carbonyl (C=O) groups is 1. The first-order valence-electron chi connectivity index (χ1n) is 6.85. The zero-order valence-electron chi connectivity index (χ0n) is 12.2. The quantitative estimate of drug-likeness (QED) is 0.717. The molecule has 0 aliphatic heterocycles. The van der Waals surface area contributed by atoms with Gasteiger partial charge in [-0.3, -0.25) is 9.48 Å². The molecular formula is C16H13Cl2N3OS. The monoisotopic (exact) mass is 365 g/mol. The number of hydrogen-bond acceptors (Lipinski definition) is 3. The van der Waals surface area contributed by atoms with Crippen molar-refractivity contribution in [2.45, 2.75) is 13.5 Å². The molecule has 0 aliphatic carbocycles. The van der Waals surface area contributed by atoms with E-state index >= 15 is 0 Å². The van der Waals surface area contributed by atoms with Crippen LogP contribution in [-0.4, -0.2) is 15.7 Å². The second kappa shape index (κ2) is 6.74. The summed E-state index contributed by atoms with van der Waals surface area (Å²) in [6, 6.07) is 7.30. The summed E-state index contributed by atoms with van der Waals surface area (Å²) in [5, 5.41) is 10.2. The van der Waals surface area contributed by atoms with Crippen molar-refractivity contribution in [3.63, 3.8) is 0 Å². The fourth-order valence-electron chi connectivity index (χ4n) is 2.12. The maximum atomic E-state index is 12.4. The number of carbonyl (C=O) groups excluding carboxylic acids is 1. The highest BCUT2D eigenvalue weighted by Gasteiger charge is 2.12. The van der Waals surface area contributed by atoms with Crippen molar-refractivity contribution in [3.05, 3.63) is 68.1 Å². The number of rotatable bonds is 4. The van der Waals surface area contributed by atoms with Crippen LogP contribution in [0.4, 0.5) is 5.69 Å². The summed E-state index contributed by atoms with van der Waals surface area (Å²) in [6.07, 6.45) is 3.33. The molecule has 2 aromatic heterocycles. The Balaban J connectivity index is 1.72. The van der Waals surface area contributed by atoms with E-state index in [0.717, 1.165) is 16.8 Å². The van der Waals surface area contributed by atoms with Crippen LogP contribution in [0.15, 0.2) is 42.0 Å². The molecule has 0 atom stereocenters. The van der Waals surface area contributed by atoms with Gasteiger partial charge in [0.25, 0.3) is 5.91 Å². The van der Waals surface area contributed by atoms with Gasteiger partial charge in [-0.05, 0) is 41.6 Å².